The van der Waals surface area contributed by atoms with Gasteiger partial charge in [-0.15, -0.1) is 0 Å². The molecule has 0 bridgehead atoms. The van der Waals surface area contributed by atoms with E-state index in [2.05, 4.69) is 76.5 Å². The van der Waals surface area contributed by atoms with Crippen LogP contribution in [0.1, 0.15) is 35.7 Å². The second-order valence-electron chi connectivity index (χ2n) is 9.01. The lowest BCUT2D eigenvalue weighted by atomic mass is 10.1. The lowest BCUT2D eigenvalue weighted by Gasteiger charge is -2.17. The maximum absolute atomic E-state index is 6.05. The molecule has 2 aromatic carbocycles. The smallest absolute Gasteiger partial charge is 0.130 e. The van der Waals surface area contributed by atoms with E-state index in [-0.39, 0.29) is 6.04 Å². The van der Waals surface area contributed by atoms with Crippen molar-refractivity contribution in [3.63, 3.8) is 0 Å². The molecule has 0 radical (unpaired) electrons. The quantitative estimate of drug-likeness (QED) is 0.331. The molecule has 3 aromatic heterocycles. The third-order valence-corrected chi connectivity index (χ3v) is 6.23. The first-order chi connectivity index (χ1) is 16.9. The van der Waals surface area contributed by atoms with E-state index in [1.54, 1.807) is 0 Å². The van der Waals surface area contributed by atoms with Gasteiger partial charge >= 0.3 is 0 Å². The molecule has 7 heteroatoms. The number of benzene rings is 2. The average molecular weight is 467 g/mol. The second kappa shape index (κ2) is 9.25. The van der Waals surface area contributed by atoms with Gasteiger partial charge in [-0.2, -0.15) is 5.10 Å². The number of aryl methyl sites for hydroxylation is 4. The van der Waals surface area contributed by atoms with Crippen molar-refractivity contribution in [3.05, 3.63) is 89.6 Å². The zero-order valence-corrected chi connectivity index (χ0v) is 20.8. The molecule has 0 aliphatic heterocycles. The van der Waals surface area contributed by atoms with Crippen molar-refractivity contribution in [1.82, 2.24) is 24.3 Å². The van der Waals surface area contributed by atoms with Gasteiger partial charge in [-0.1, -0.05) is 24.3 Å². The molecule has 5 rings (SSSR count). The van der Waals surface area contributed by atoms with E-state index in [4.69, 9.17) is 9.72 Å². The van der Waals surface area contributed by atoms with Crippen molar-refractivity contribution in [3.8, 4) is 17.0 Å². The molecule has 0 amide bonds. The zero-order valence-electron chi connectivity index (χ0n) is 20.8. The highest BCUT2D eigenvalue weighted by Crippen LogP contribution is 2.27. The van der Waals surface area contributed by atoms with E-state index in [0.29, 0.717) is 6.61 Å². The van der Waals surface area contributed by atoms with Crippen LogP contribution in [0.4, 0.5) is 5.82 Å². The molecule has 0 spiro atoms. The van der Waals surface area contributed by atoms with Gasteiger partial charge in [0.25, 0.3) is 0 Å². The van der Waals surface area contributed by atoms with Gasteiger partial charge in [0.15, 0.2) is 0 Å². The van der Waals surface area contributed by atoms with Crippen molar-refractivity contribution in [1.29, 1.82) is 0 Å². The van der Waals surface area contributed by atoms with Crippen LogP contribution in [-0.4, -0.2) is 24.3 Å². The molecule has 178 valence electrons. The number of rotatable bonds is 7. The number of nitrogens with one attached hydrogen (secondary N) is 1. The van der Waals surface area contributed by atoms with Crippen molar-refractivity contribution in [2.75, 3.05) is 5.32 Å². The summed E-state index contributed by atoms with van der Waals surface area (Å²) >= 11 is 0. The number of anilines is 1. The first-order valence-electron chi connectivity index (χ1n) is 11.8. The SMILES string of the molecule is Cc1cc(COc2cccc(C(C)Nc3cc(-c4ccc5ccn(C)c5c4)nc(C)n3)c2)n(C)n1. The molecule has 0 aliphatic carbocycles. The van der Waals surface area contributed by atoms with E-state index in [1.807, 2.05) is 49.8 Å². The Hall–Kier alpha value is -4.13. The monoisotopic (exact) mass is 466 g/mol. The summed E-state index contributed by atoms with van der Waals surface area (Å²) in [7, 11) is 3.99. The number of hydrogen-bond acceptors (Lipinski definition) is 5. The largest absolute Gasteiger partial charge is 0.487 e. The molecule has 35 heavy (non-hydrogen) atoms. The van der Waals surface area contributed by atoms with E-state index >= 15 is 0 Å². The maximum atomic E-state index is 6.05. The van der Waals surface area contributed by atoms with Gasteiger partial charge in [-0.3, -0.25) is 4.68 Å². The Morgan fingerprint density at radius 2 is 1.83 bits per heavy atom. The van der Waals surface area contributed by atoms with E-state index in [9.17, 15) is 0 Å². The van der Waals surface area contributed by atoms with Crippen LogP contribution in [0.3, 0.4) is 0 Å². The minimum atomic E-state index is 0.0370. The highest BCUT2D eigenvalue weighted by molar-refractivity contribution is 5.85. The van der Waals surface area contributed by atoms with Gasteiger partial charge in [0.2, 0.25) is 0 Å². The summed E-state index contributed by atoms with van der Waals surface area (Å²) in [5.74, 6) is 2.35. The minimum absolute atomic E-state index is 0.0370. The van der Waals surface area contributed by atoms with Crippen LogP contribution >= 0.6 is 0 Å². The highest BCUT2D eigenvalue weighted by atomic mass is 16.5. The normalized spacial score (nSPS) is 12.1. The van der Waals surface area contributed by atoms with Crippen LogP contribution in [0.5, 0.6) is 5.75 Å². The fraction of sp³-hybridized carbons (Fsp3) is 0.250. The zero-order chi connectivity index (χ0) is 24.5. The highest BCUT2D eigenvalue weighted by Gasteiger charge is 2.12. The number of ether oxygens (including phenoxy) is 1. The van der Waals surface area contributed by atoms with Gasteiger partial charge < -0.3 is 14.6 Å². The van der Waals surface area contributed by atoms with Crippen molar-refractivity contribution in [2.45, 2.75) is 33.4 Å². The van der Waals surface area contributed by atoms with Crippen molar-refractivity contribution < 1.29 is 4.74 Å². The predicted octanol–water partition coefficient (Wildman–Crippen LogP) is 5.74. The minimum Gasteiger partial charge on any atom is -0.487 e. The lowest BCUT2D eigenvalue weighted by Crippen LogP contribution is -2.10. The maximum Gasteiger partial charge on any atom is 0.130 e. The third kappa shape index (κ3) is 4.89. The summed E-state index contributed by atoms with van der Waals surface area (Å²) in [6, 6.07) is 20.8. The van der Waals surface area contributed by atoms with Crippen LogP contribution < -0.4 is 10.1 Å². The molecule has 5 aromatic rings. The molecular formula is C28H30N6O. The molecule has 0 aliphatic rings. The summed E-state index contributed by atoms with van der Waals surface area (Å²) in [5.41, 5.74) is 6.30. The van der Waals surface area contributed by atoms with E-state index in [0.717, 1.165) is 45.6 Å². The fourth-order valence-electron chi connectivity index (χ4n) is 4.35. The first-order valence-corrected chi connectivity index (χ1v) is 11.8. The lowest BCUT2D eigenvalue weighted by molar-refractivity contribution is 0.294. The predicted molar refractivity (Wildman–Crippen MR) is 139 cm³/mol. The Morgan fingerprint density at radius 3 is 2.63 bits per heavy atom. The van der Waals surface area contributed by atoms with Gasteiger partial charge in [0.1, 0.15) is 24.0 Å². The van der Waals surface area contributed by atoms with Gasteiger partial charge in [-0.05, 0) is 62.1 Å². The summed E-state index contributed by atoms with van der Waals surface area (Å²) in [6.45, 7) is 6.51. The van der Waals surface area contributed by atoms with Crippen LogP contribution in [0, 0.1) is 13.8 Å². The van der Waals surface area contributed by atoms with Crippen LogP contribution in [0.15, 0.2) is 66.9 Å². The summed E-state index contributed by atoms with van der Waals surface area (Å²) in [6.07, 6.45) is 2.07. The number of hydrogen-bond donors (Lipinski definition) is 1. The average Bonchev–Trinajstić information content (AvgIpc) is 3.37. The van der Waals surface area contributed by atoms with Crippen LogP contribution in [0.2, 0.25) is 0 Å². The molecule has 1 atom stereocenters. The molecule has 0 saturated heterocycles. The van der Waals surface area contributed by atoms with E-state index in [1.165, 1.54) is 10.9 Å². The molecule has 3 heterocycles. The molecule has 1 unspecified atom stereocenters. The fourth-order valence-corrected chi connectivity index (χ4v) is 4.35. The Balaban J connectivity index is 1.33. The first kappa shape index (κ1) is 22.7. The molecule has 1 N–H and O–H groups in total. The number of nitrogens with zero attached hydrogens (tertiary/aromatic N) is 5. The Labute approximate surface area is 205 Å². The molecule has 7 nitrogen and oxygen atoms in total. The van der Waals surface area contributed by atoms with Crippen LogP contribution in [-0.2, 0) is 20.7 Å². The topological polar surface area (TPSA) is 69.8 Å². The van der Waals surface area contributed by atoms with Crippen LogP contribution in [0.25, 0.3) is 22.2 Å². The molecular weight excluding hydrogens is 436 g/mol. The van der Waals surface area contributed by atoms with Gasteiger partial charge in [-0.25, -0.2) is 9.97 Å². The standard InChI is InChI=1S/C28H30N6O/c1-18-13-24(34(5)32-18)17-35-25-8-6-7-22(14-25)19(2)29-28-16-26(30-20(3)31-28)23-10-9-21-11-12-33(4)27(21)15-23/h6-16,19H,17H2,1-5H3,(H,29,30,31). The van der Waals surface area contributed by atoms with E-state index < -0.39 is 0 Å². The summed E-state index contributed by atoms with van der Waals surface area (Å²) < 4.78 is 10.0. The summed E-state index contributed by atoms with van der Waals surface area (Å²) in [5, 5.41) is 9.14. The Bertz CT molecular complexity index is 1500. The second-order valence-corrected chi connectivity index (χ2v) is 9.01. The van der Waals surface area contributed by atoms with Gasteiger partial charge in [0, 0.05) is 37.4 Å². The number of fused-ring (bicyclic) bond motifs is 1. The number of aromatic nitrogens is 5. The Morgan fingerprint density at radius 1 is 0.971 bits per heavy atom. The third-order valence-electron chi connectivity index (χ3n) is 6.23. The van der Waals surface area contributed by atoms with Crippen molar-refractivity contribution >= 4 is 16.7 Å². The Kier molecular flexibility index (Phi) is 5.99. The molecule has 0 fully saturated rings. The summed E-state index contributed by atoms with van der Waals surface area (Å²) in [4.78, 5) is 9.33. The van der Waals surface area contributed by atoms with Gasteiger partial charge in [0.05, 0.1) is 23.1 Å². The van der Waals surface area contributed by atoms with Crippen molar-refractivity contribution in [2.24, 2.45) is 14.1 Å². The molecule has 0 saturated carbocycles.